The number of anilines is 3. The Morgan fingerprint density at radius 2 is 1.23 bits per heavy atom. The fourth-order valence-electron chi connectivity index (χ4n) is 11.8. The van der Waals surface area contributed by atoms with Gasteiger partial charge in [0, 0.05) is 57.1 Å². The third-order valence-corrected chi connectivity index (χ3v) is 16.0. The summed E-state index contributed by atoms with van der Waals surface area (Å²) in [5.41, 5.74) is -1.07. The number of pyridine rings is 1. The van der Waals surface area contributed by atoms with Crippen LogP contribution in [0.1, 0.15) is 64.9 Å². The number of benzene rings is 5. The van der Waals surface area contributed by atoms with E-state index in [0.29, 0.717) is 58.7 Å². The summed E-state index contributed by atoms with van der Waals surface area (Å²) in [7, 11) is 6.23. The van der Waals surface area contributed by atoms with Crippen LogP contribution < -0.4 is 43.1 Å². The molecule has 15 nitrogen and oxygen atoms in total. The highest BCUT2D eigenvalue weighted by molar-refractivity contribution is 5.97. The third kappa shape index (κ3) is 11.7. The van der Waals surface area contributed by atoms with Gasteiger partial charge in [0.2, 0.25) is 5.88 Å². The lowest BCUT2D eigenvalue weighted by atomic mass is 9.95. The van der Waals surface area contributed by atoms with Crippen molar-refractivity contribution in [2.45, 2.75) is 77.3 Å². The number of aryl methyl sites for hydroxylation is 1. The monoisotopic (exact) mass is 1160 g/mol. The number of methoxy groups -OCH3 is 4. The average molecular weight is 1160 g/mol. The smallest absolute Gasteiger partial charge is 0.417 e. The first kappa shape index (κ1) is 57.2. The molecule has 11 rings (SSSR count). The second-order valence-corrected chi connectivity index (χ2v) is 21.2. The maximum Gasteiger partial charge on any atom is 0.417 e. The molecule has 84 heavy (non-hydrogen) atoms. The minimum atomic E-state index is -5.22. The molecule has 3 aliphatic heterocycles. The number of halogens is 6. The Morgan fingerprint density at radius 1 is 0.690 bits per heavy atom. The van der Waals surface area contributed by atoms with Gasteiger partial charge in [-0.2, -0.15) is 23.1 Å². The Kier molecular flexibility index (Phi) is 16.6. The first-order valence-corrected chi connectivity index (χ1v) is 27.7. The van der Waals surface area contributed by atoms with Crippen molar-refractivity contribution in [3.63, 3.8) is 0 Å². The van der Waals surface area contributed by atoms with Gasteiger partial charge < -0.3 is 43.1 Å². The fraction of sp³-hybridized carbons (Fsp3) is 0.349. The van der Waals surface area contributed by atoms with Crippen LogP contribution in [0.4, 0.5) is 43.7 Å². The fourth-order valence-corrected chi connectivity index (χ4v) is 11.8. The number of aromatic nitrogens is 5. The van der Waals surface area contributed by atoms with Crippen LogP contribution in [0.15, 0.2) is 116 Å². The van der Waals surface area contributed by atoms with Gasteiger partial charge in [0.05, 0.1) is 64.4 Å². The van der Waals surface area contributed by atoms with E-state index in [1.807, 2.05) is 55.5 Å². The number of ether oxygens (including phenoxy) is 6. The molecule has 4 atom stereocenters. The Labute approximate surface area is 482 Å². The second-order valence-electron chi connectivity index (χ2n) is 21.2. The molecule has 3 aliphatic rings. The summed E-state index contributed by atoms with van der Waals surface area (Å²) in [6.45, 7) is 4.53. The van der Waals surface area contributed by atoms with Gasteiger partial charge in [-0.3, -0.25) is 9.88 Å². The molecule has 6 heterocycles. The molecule has 2 fully saturated rings. The predicted molar refractivity (Wildman–Crippen MR) is 306 cm³/mol. The van der Waals surface area contributed by atoms with Crippen molar-refractivity contribution in [1.82, 2.24) is 29.8 Å². The van der Waals surface area contributed by atoms with Crippen molar-refractivity contribution < 1.29 is 54.8 Å². The summed E-state index contributed by atoms with van der Waals surface area (Å²) in [6, 6.07) is 29.2. The van der Waals surface area contributed by atoms with E-state index in [2.05, 4.69) is 19.8 Å². The Morgan fingerprint density at radius 3 is 1.76 bits per heavy atom. The van der Waals surface area contributed by atoms with E-state index < -0.39 is 63.8 Å². The minimum absolute atomic E-state index is 0.0120. The van der Waals surface area contributed by atoms with Crippen molar-refractivity contribution in [1.29, 1.82) is 0 Å². The normalized spacial score (nSPS) is 17.1. The van der Waals surface area contributed by atoms with Gasteiger partial charge in [0.1, 0.15) is 63.9 Å². The number of fused-ring (bicyclic) bond motifs is 1. The highest BCUT2D eigenvalue weighted by Crippen LogP contribution is 2.48. The minimum Gasteiger partial charge on any atom is -0.497 e. The predicted octanol–water partition coefficient (Wildman–Crippen LogP) is 12.3. The molecule has 8 aromatic rings. The van der Waals surface area contributed by atoms with Gasteiger partial charge in [-0.05, 0) is 116 Å². The highest BCUT2D eigenvalue weighted by Gasteiger charge is 2.45. The molecule has 0 bridgehead atoms. The maximum absolute atomic E-state index is 18.4. The van der Waals surface area contributed by atoms with Crippen LogP contribution in [0.25, 0.3) is 22.2 Å². The summed E-state index contributed by atoms with van der Waals surface area (Å²) >= 11 is 0. The quantitative estimate of drug-likeness (QED) is 0.0670. The van der Waals surface area contributed by atoms with Crippen molar-refractivity contribution in [3.8, 4) is 46.1 Å². The third-order valence-electron chi connectivity index (χ3n) is 16.0. The number of rotatable bonds is 20. The Hall–Kier alpha value is -8.59. The molecule has 0 radical (unpaired) electrons. The topological polar surface area (TPSA) is 133 Å². The zero-order chi connectivity index (χ0) is 58.8. The molecular weight excluding hydrogens is 1090 g/mol. The van der Waals surface area contributed by atoms with E-state index in [4.69, 9.17) is 43.4 Å². The van der Waals surface area contributed by atoms with E-state index >= 15 is 26.3 Å². The van der Waals surface area contributed by atoms with E-state index in [1.165, 1.54) is 21.1 Å². The largest absolute Gasteiger partial charge is 0.497 e. The Balaban J connectivity index is 1.06. The lowest BCUT2D eigenvalue weighted by molar-refractivity contribution is -0.137. The standard InChI is InChI=1S/C63H63F6N9O6/c1-37-30-50(76(31-39-9-17-43(79-3)18-10-39)32-40-11-19-44(80-4)20-12-40)54(65)51(53(37)63(67,68)69)57-55(66)58-52-59(74-62(73-58)84-36-47-48(64)35-75-27-7-8-49(47)75)78(28-29-83-61(52)72-57)38(2)56-60(71-26-25-70-56)77(33-41-13-21-45(81-5)22-14-41)34-42-15-23-46(82-6)24-16-42/h9-26,30,38,47-49H,7-8,27-29,31-36H2,1-6H3/t38-,47-,48+,49?/m1/s1. The summed E-state index contributed by atoms with van der Waals surface area (Å²) < 4.78 is 134. The number of hydrogen-bond acceptors (Lipinski definition) is 15. The van der Waals surface area contributed by atoms with E-state index in [0.717, 1.165) is 36.6 Å². The summed E-state index contributed by atoms with van der Waals surface area (Å²) in [6.07, 6.45) is -1.65. The average Bonchev–Trinajstić information content (AvgIpc) is 1.64. The lowest BCUT2D eigenvalue weighted by Gasteiger charge is -2.33. The van der Waals surface area contributed by atoms with Gasteiger partial charge in [0.15, 0.2) is 17.5 Å². The summed E-state index contributed by atoms with van der Waals surface area (Å²) in [4.78, 5) is 31.4. The van der Waals surface area contributed by atoms with Crippen molar-refractivity contribution in [3.05, 3.63) is 166 Å². The van der Waals surface area contributed by atoms with Gasteiger partial charge in [-0.25, -0.2) is 23.1 Å². The first-order chi connectivity index (χ1) is 40.6. The molecule has 0 saturated carbocycles. The van der Waals surface area contributed by atoms with Crippen LogP contribution in [-0.4, -0.2) is 103 Å². The number of hydrogen-bond donors (Lipinski definition) is 0. The molecule has 3 aromatic heterocycles. The zero-order valence-corrected chi connectivity index (χ0v) is 47.3. The molecule has 0 aliphatic carbocycles. The molecule has 2 saturated heterocycles. The number of nitrogens with zero attached hydrogens (tertiary/aromatic N) is 9. The summed E-state index contributed by atoms with van der Waals surface area (Å²) in [5, 5.41) is -0.111. The molecule has 438 valence electrons. The van der Waals surface area contributed by atoms with Crippen molar-refractivity contribution in [2.75, 3.05) is 76.0 Å². The zero-order valence-electron chi connectivity index (χ0n) is 47.3. The molecular formula is C63H63F6N9O6. The van der Waals surface area contributed by atoms with Crippen LogP contribution in [0.2, 0.25) is 0 Å². The molecule has 5 aromatic carbocycles. The van der Waals surface area contributed by atoms with Crippen LogP contribution >= 0.6 is 0 Å². The molecule has 0 spiro atoms. The van der Waals surface area contributed by atoms with E-state index in [1.54, 1.807) is 84.9 Å². The molecule has 0 N–H and O–H groups in total. The Bertz CT molecular complexity index is 3520. The van der Waals surface area contributed by atoms with Crippen molar-refractivity contribution >= 4 is 28.2 Å². The molecule has 0 amide bonds. The van der Waals surface area contributed by atoms with Crippen LogP contribution in [0.3, 0.4) is 0 Å². The van der Waals surface area contributed by atoms with E-state index in [9.17, 15) is 0 Å². The van der Waals surface area contributed by atoms with Crippen LogP contribution in [0.5, 0.6) is 34.9 Å². The first-order valence-electron chi connectivity index (χ1n) is 27.7. The second kappa shape index (κ2) is 24.3. The van der Waals surface area contributed by atoms with Gasteiger partial charge in [0.25, 0.3) is 0 Å². The van der Waals surface area contributed by atoms with Gasteiger partial charge in [-0.1, -0.05) is 48.5 Å². The van der Waals surface area contributed by atoms with Crippen molar-refractivity contribution in [2.24, 2.45) is 5.92 Å². The lowest BCUT2D eigenvalue weighted by Crippen LogP contribution is -2.34. The summed E-state index contributed by atoms with van der Waals surface area (Å²) in [5.74, 6) is -0.658. The number of alkyl halides is 4. The van der Waals surface area contributed by atoms with Crippen LogP contribution in [0, 0.1) is 24.5 Å². The maximum atomic E-state index is 18.4. The van der Waals surface area contributed by atoms with E-state index in [-0.39, 0.29) is 74.2 Å². The SMILES string of the molecule is COc1ccc(CN(Cc2ccc(OC)cc2)c2cc(C)c(C(F)(F)F)c(-c3nc4c5c(nc(OC[C@H]6C7CCCN7C[C@@H]6F)nc5c3F)N([C@H](C)c3nccnc3N(Cc3ccc(OC)cc3)Cc3ccc(OC)cc3)CCO4)c2F)cc1. The molecule has 21 heteroatoms. The molecule has 1 unspecified atom stereocenters. The van der Waals surface area contributed by atoms with Crippen LogP contribution in [-0.2, 0) is 32.4 Å². The van der Waals surface area contributed by atoms with Gasteiger partial charge >= 0.3 is 12.2 Å². The van der Waals surface area contributed by atoms with Gasteiger partial charge in [-0.15, -0.1) is 0 Å². The highest BCUT2D eigenvalue weighted by atomic mass is 19.4.